The van der Waals surface area contributed by atoms with Crippen molar-refractivity contribution in [2.45, 2.75) is 0 Å². The molecule has 0 spiro atoms. The van der Waals surface area contributed by atoms with E-state index in [9.17, 15) is 4.39 Å². The van der Waals surface area contributed by atoms with Crippen molar-refractivity contribution in [1.82, 2.24) is 4.68 Å². The van der Waals surface area contributed by atoms with E-state index in [1.807, 2.05) is 27.7 Å². The fourth-order valence-electron chi connectivity index (χ4n) is 3.43. The van der Waals surface area contributed by atoms with E-state index in [-0.39, 0.29) is 5.82 Å². The molecule has 2 aromatic heterocycles. The molecule has 0 radical (unpaired) electrons. The fourth-order valence-corrected chi connectivity index (χ4v) is 5.08. The van der Waals surface area contributed by atoms with Crippen LogP contribution in [0.4, 0.5) is 15.8 Å². The van der Waals surface area contributed by atoms with Crippen molar-refractivity contribution in [2.75, 3.05) is 31.2 Å². The van der Waals surface area contributed by atoms with Crippen LogP contribution in [0.15, 0.2) is 81.5 Å². The third-order valence-electron chi connectivity index (χ3n) is 5.10. The summed E-state index contributed by atoms with van der Waals surface area (Å²) in [7, 11) is 0. The summed E-state index contributed by atoms with van der Waals surface area (Å²) in [6.45, 7) is 3.36. The Kier molecular flexibility index (Phi) is 6.24. The zero-order chi connectivity index (χ0) is 21.8. The van der Waals surface area contributed by atoms with E-state index in [4.69, 9.17) is 9.84 Å². The Morgan fingerprint density at radius 3 is 2.44 bits per heavy atom. The summed E-state index contributed by atoms with van der Waals surface area (Å²) >= 11 is 3.16. The Labute approximate surface area is 193 Å². The van der Waals surface area contributed by atoms with Crippen molar-refractivity contribution < 1.29 is 9.13 Å². The van der Waals surface area contributed by atoms with Crippen LogP contribution >= 0.6 is 22.7 Å². The van der Waals surface area contributed by atoms with E-state index in [2.05, 4.69) is 40.2 Å². The van der Waals surface area contributed by atoms with Crippen LogP contribution in [0.3, 0.4) is 0 Å². The molecule has 3 heterocycles. The lowest BCUT2D eigenvalue weighted by atomic mass is 10.2. The molecule has 8 heteroatoms. The molecule has 1 fully saturated rings. The third-order valence-corrected chi connectivity index (χ3v) is 6.81. The summed E-state index contributed by atoms with van der Waals surface area (Å²) in [5.74, 6) is -0.277. The van der Waals surface area contributed by atoms with Gasteiger partial charge in [-0.1, -0.05) is 18.2 Å². The average molecular weight is 465 g/mol. The second kappa shape index (κ2) is 9.60. The monoisotopic (exact) mass is 464 g/mol. The van der Waals surface area contributed by atoms with Crippen LogP contribution in [0.1, 0.15) is 5.56 Å². The average Bonchev–Trinajstić information content (AvgIpc) is 3.50. The third kappa shape index (κ3) is 4.72. The number of nitrogens with zero attached hydrogens (tertiary/aromatic N) is 4. The first kappa shape index (κ1) is 20.8. The number of hydrogen-bond acceptors (Lipinski definition) is 6. The highest BCUT2D eigenvalue weighted by atomic mass is 32.1. The van der Waals surface area contributed by atoms with Gasteiger partial charge in [0.2, 0.25) is 4.80 Å². The molecule has 32 heavy (non-hydrogen) atoms. The number of halogens is 1. The normalized spacial score (nSPS) is 15.0. The number of anilines is 1. The molecule has 0 atom stereocenters. The summed E-state index contributed by atoms with van der Waals surface area (Å²) in [5.41, 5.74) is 3.86. The molecule has 1 aliphatic heterocycles. The minimum absolute atomic E-state index is 0.277. The Hall–Kier alpha value is -3.07. The van der Waals surface area contributed by atoms with Gasteiger partial charge in [0.1, 0.15) is 5.82 Å². The molecular formula is C24H21FN4OS2. The van der Waals surface area contributed by atoms with Gasteiger partial charge in [-0.2, -0.15) is 5.10 Å². The number of thiazole rings is 1. The van der Waals surface area contributed by atoms with Gasteiger partial charge in [-0.05, 0) is 53.4 Å². The molecule has 4 aromatic rings. The molecule has 2 aromatic carbocycles. The van der Waals surface area contributed by atoms with Crippen LogP contribution < -0.4 is 9.70 Å². The van der Waals surface area contributed by atoms with Gasteiger partial charge >= 0.3 is 0 Å². The van der Waals surface area contributed by atoms with Gasteiger partial charge in [0.05, 0.1) is 35.7 Å². The van der Waals surface area contributed by atoms with E-state index in [0.29, 0.717) is 5.69 Å². The largest absolute Gasteiger partial charge is 0.378 e. The Bertz CT molecular complexity index is 1250. The lowest BCUT2D eigenvalue weighted by Gasteiger charge is -2.28. The van der Waals surface area contributed by atoms with Crippen LogP contribution in [0.2, 0.25) is 0 Å². The minimum Gasteiger partial charge on any atom is -0.378 e. The van der Waals surface area contributed by atoms with Crippen molar-refractivity contribution in [1.29, 1.82) is 0 Å². The summed E-state index contributed by atoms with van der Waals surface area (Å²) in [6, 6.07) is 18.6. The zero-order valence-corrected chi connectivity index (χ0v) is 18.9. The van der Waals surface area contributed by atoms with Crippen molar-refractivity contribution in [2.24, 2.45) is 10.1 Å². The highest BCUT2D eigenvalue weighted by molar-refractivity contribution is 7.14. The summed E-state index contributed by atoms with van der Waals surface area (Å²) in [4.78, 5) is 8.85. The first-order valence-electron chi connectivity index (χ1n) is 10.3. The highest BCUT2D eigenvalue weighted by Crippen LogP contribution is 2.25. The maximum Gasteiger partial charge on any atom is 0.211 e. The summed E-state index contributed by atoms with van der Waals surface area (Å²) in [5, 5.41) is 8.85. The highest BCUT2D eigenvalue weighted by Gasteiger charge is 2.11. The van der Waals surface area contributed by atoms with Crippen molar-refractivity contribution >= 4 is 40.3 Å². The van der Waals surface area contributed by atoms with Gasteiger partial charge < -0.3 is 9.64 Å². The van der Waals surface area contributed by atoms with Gasteiger partial charge in [-0.3, -0.25) is 0 Å². The fraction of sp³-hybridized carbons (Fsp3) is 0.167. The lowest BCUT2D eigenvalue weighted by molar-refractivity contribution is 0.122. The Morgan fingerprint density at radius 2 is 1.72 bits per heavy atom. The maximum absolute atomic E-state index is 13.3. The van der Waals surface area contributed by atoms with E-state index in [0.717, 1.165) is 47.2 Å². The molecule has 1 saturated heterocycles. The number of rotatable bonds is 5. The molecular weight excluding hydrogens is 443 g/mol. The maximum atomic E-state index is 13.3. The SMILES string of the molecule is Fc1ccc(N=c2scc(-c3cccs3)n2N=Cc2ccc(N3CCOCC3)cc2)cc1. The van der Waals surface area contributed by atoms with E-state index in [1.54, 1.807) is 23.5 Å². The molecule has 162 valence electrons. The first-order valence-corrected chi connectivity index (χ1v) is 12.0. The Balaban J connectivity index is 1.47. The number of ether oxygens (including phenoxy) is 1. The van der Waals surface area contributed by atoms with Gasteiger partial charge in [-0.25, -0.2) is 14.1 Å². The second-order valence-corrected chi connectivity index (χ2v) is 9.00. The molecule has 0 N–H and O–H groups in total. The molecule has 0 amide bonds. The minimum atomic E-state index is -0.277. The number of hydrogen-bond donors (Lipinski definition) is 0. The van der Waals surface area contributed by atoms with Crippen LogP contribution in [0, 0.1) is 5.82 Å². The summed E-state index contributed by atoms with van der Waals surface area (Å²) < 4.78 is 20.6. The number of aromatic nitrogens is 1. The molecule has 0 aliphatic carbocycles. The van der Waals surface area contributed by atoms with Crippen LogP contribution in [0.25, 0.3) is 10.6 Å². The molecule has 0 bridgehead atoms. The van der Waals surface area contributed by atoms with Crippen molar-refractivity contribution in [3.8, 4) is 10.6 Å². The quantitative estimate of drug-likeness (QED) is 0.373. The topological polar surface area (TPSA) is 42.1 Å². The van der Waals surface area contributed by atoms with E-state index < -0.39 is 0 Å². The van der Waals surface area contributed by atoms with Gasteiger partial charge in [0, 0.05) is 24.2 Å². The molecule has 5 nitrogen and oxygen atoms in total. The lowest BCUT2D eigenvalue weighted by Crippen LogP contribution is -2.36. The van der Waals surface area contributed by atoms with E-state index in [1.165, 1.54) is 29.2 Å². The van der Waals surface area contributed by atoms with Crippen molar-refractivity contribution in [3.05, 3.63) is 87.6 Å². The van der Waals surface area contributed by atoms with Gasteiger partial charge in [0.15, 0.2) is 0 Å². The number of benzene rings is 2. The zero-order valence-electron chi connectivity index (χ0n) is 17.2. The van der Waals surface area contributed by atoms with Crippen LogP contribution in [-0.2, 0) is 4.74 Å². The molecule has 5 rings (SSSR count). The Morgan fingerprint density at radius 1 is 0.938 bits per heavy atom. The predicted octanol–water partition coefficient (Wildman–Crippen LogP) is 5.37. The smallest absolute Gasteiger partial charge is 0.211 e. The standard InChI is InChI=1S/C24H21FN4OS2/c25-19-5-7-20(8-6-19)27-24-29(22(17-32-24)23-2-1-15-31-23)26-16-18-3-9-21(10-4-18)28-11-13-30-14-12-28/h1-10,15-17H,11-14H2. The van der Waals surface area contributed by atoms with Crippen molar-refractivity contribution in [3.63, 3.8) is 0 Å². The van der Waals surface area contributed by atoms with Gasteiger partial charge in [-0.15, -0.1) is 22.7 Å². The molecule has 1 aliphatic rings. The number of morpholine rings is 1. The van der Waals surface area contributed by atoms with Gasteiger partial charge in [0.25, 0.3) is 0 Å². The summed E-state index contributed by atoms with van der Waals surface area (Å²) in [6.07, 6.45) is 1.84. The molecule has 0 unspecified atom stereocenters. The van der Waals surface area contributed by atoms with Crippen LogP contribution in [0.5, 0.6) is 0 Å². The molecule has 0 saturated carbocycles. The van der Waals surface area contributed by atoms with E-state index >= 15 is 0 Å². The first-order chi connectivity index (χ1) is 15.8. The predicted molar refractivity (Wildman–Crippen MR) is 130 cm³/mol. The number of thiophene rings is 1. The second-order valence-electron chi connectivity index (χ2n) is 7.22. The van der Waals surface area contributed by atoms with Crippen LogP contribution in [-0.4, -0.2) is 37.2 Å².